The number of carboxylic acids is 1. The van der Waals surface area contributed by atoms with Crippen LogP contribution < -0.4 is 0 Å². The van der Waals surface area contributed by atoms with E-state index in [0.717, 1.165) is 57.8 Å². The molecule has 0 aliphatic heterocycles. The van der Waals surface area contributed by atoms with E-state index in [9.17, 15) is 19.5 Å². The third-order valence-electron chi connectivity index (χ3n) is 10.3. The van der Waals surface area contributed by atoms with Gasteiger partial charge >= 0.3 is 17.9 Å². The summed E-state index contributed by atoms with van der Waals surface area (Å²) < 4.78 is 17.3. The second-order valence-electron chi connectivity index (χ2n) is 16.6. The third kappa shape index (κ3) is 37.1. The molecule has 0 fully saturated rings. The van der Waals surface area contributed by atoms with Crippen molar-refractivity contribution in [1.29, 1.82) is 0 Å². The molecule has 1 N–H and O–H groups in total. The van der Waals surface area contributed by atoms with Crippen molar-refractivity contribution in [3.8, 4) is 0 Å². The highest BCUT2D eigenvalue weighted by molar-refractivity contribution is 5.72. The number of unbranched alkanes of at least 4 members (excludes halogenated alkanes) is 21. The Morgan fingerprint density at radius 1 is 0.554 bits per heavy atom. The SMILES string of the molecule is CC/C=C/C/C=C/C/C=C/CCCCCCCCCCCCCC(=O)OCC(COCCC(C(=O)O)[N+](C)(C)C)OC(=O)CCCCCCCCCCCCC. The van der Waals surface area contributed by atoms with E-state index in [1.54, 1.807) is 0 Å². The topological polar surface area (TPSA) is 99.1 Å². The molecule has 0 aromatic heterocycles. The maximum Gasteiger partial charge on any atom is 0.362 e. The molecule has 2 unspecified atom stereocenters. The number of ether oxygens (including phenoxy) is 3. The standard InChI is InChI=1S/C48H87NO7/c1-6-8-10-12-14-16-18-19-20-21-22-23-24-25-26-27-29-30-32-34-36-38-46(50)55-43-44(42-54-41-40-45(48(52)53)49(3,4)5)56-47(51)39-37-35-33-31-28-17-15-13-11-9-7-2/h8,10,14,16,19-20,44-45H,6-7,9,11-13,15,17-18,21-43H2,1-5H3/p+1/b10-8+,16-14+,20-19+. The van der Waals surface area contributed by atoms with Crippen molar-refractivity contribution < 1.29 is 38.2 Å². The summed E-state index contributed by atoms with van der Waals surface area (Å²) in [6, 6.07) is -0.612. The fraction of sp³-hybridized carbons (Fsp3) is 0.812. The van der Waals surface area contributed by atoms with Gasteiger partial charge in [-0.1, -0.05) is 172 Å². The van der Waals surface area contributed by atoms with Gasteiger partial charge in [0.2, 0.25) is 0 Å². The first kappa shape index (κ1) is 53.6. The molecular formula is C48H88NO7+. The molecule has 0 bridgehead atoms. The van der Waals surface area contributed by atoms with E-state index in [-0.39, 0.29) is 36.2 Å². The van der Waals surface area contributed by atoms with Gasteiger partial charge in [0.15, 0.2) is 12.1 Å². The Labute approximate surface area is 344 Å². The fourth-order valence-electron chi connectivity index (χ4n) is 6.75. The van der Waals surface area contributed by atoms with Crippen molar-refractivity contribution in [3.63, 3.8) is 0 Å². The van der Waals surface area contributed by atoms with Crippen molar-refractivity contribution in [2.45, 2.75) is 212 Å². The van der Waals surface area contributed by atoms with Gasteiger partial charge < -0.3 is 23.8 Å². The van der Waals surface area contributed by atoms with E-state index in [2.05, 4.69) is 50.3 Å². The van der Waals surface area contributed by atoms with Crippen molar-refractivity contribution in [1.82, 2.24) is 0 Å². The van der Waals surface area contributed by atoms with Gasteiger partial charge in [0.05, 0.1) is 34.4 Å². The second-order valence-corrected chi connectivity index (χ2v) is 16.6. The molecule has 0 aliphatic carbocycles. The van der Waals surface area contributed by atoms with Crippen LogP contribution in [0.25, 0.3) is 0 Å². The number of hydrogen-bond acceptors (Lipinski definition) is 6. The highest BCUT2D eigenvalue weighted by atomic mass is 16.6. The van der Waals surface area contributed by atoms with E-state index in [0.29, 0.717) is 19.3 Å². The summed E-state index contributed by atoms with van der Waals surface area (Å²) >= 11 is 0. The van der Waals surface area contributed by atoms with Gasteiger partial charge in [-0.15, -0.1) is 0 Å². The van der Waals surface area contributed by atoms with Crippen LogP contribution in [0.4, 0.5) is 0 Å². The molecule has 0 saturated carbocycles. The average Bonchev–Trinajstić information content (AvgIpc) is 3.15. The molecule has 56 heavy (non-hydrogen) atoms. The minimum Gasteiger partial charge on any atom is -0.477 e. The molecule has 0 rings (SSSR count). The maximum atomic E-state index is 12.7. The number of carbonyl (C=O) groups is 3. The van der Waals surface area contributed by atoms with Crippen LogP contribution in [0.5, 0.6) is 0 Å². The Morgan fingerprint density at radius 2 is 1.00 bits per heavy atom. The van der Waals surface area contributed by atoms with Crippen LogP contribution in [-0.4, -0.2) is 80.6 Å². The number of esters is 2. The molecule has 0 amide bonds. The van der Waals surface area contributed by atoms with E-state index >= 15 is 0 Å². The third-order valence-corrected chi connectivity index (χ3v) is 10.3. The van der Waals surface area contributed by atoms with Crippen molar-refractivity contribution >= 4 is 17.9 Å². The van der Waals surface area contributed by atoms with E-state index < -0.39 is 18.1 Å². The molecule has 0 spiro atoms. The number of nitrogens with zero attached hydrogens (tertiary/aromatic N) is 1. The number of hydrogen-bond donors (Lipinski definition) is 1. The predicted molar refractivity (Wildman–Crippen MR) is 234 cm³/mol. The van der Waals surface area contributed by atoms with E-state index in [4.69, 9.17) is 14.2 Å². The molecule has 0 aromatic rings. The van der Waals surface area contributed by atoms with Gasteiger partial charge in [0.25, 0.3) is 0 Å². The van der Waals surface area contributed by atoms with E-state index in [1.165, 1.54) is 109 Å². The lowest BCUT2D eigenvalue weighted by Crippen LogP contribution is -2.50. The molecule has 0 aromatic carbocycles. The minimum absolute atomic E-state index is 0.0494. The maximum absolute atomic E-state index is 12.7. The number of rotatable bonds is 41. The fourth-order valence-corrected chi connectivity index (χ4v) is 6.75. The molecule has 326 valence electrons. The number of quaternary nitrogens is 1. The van der Waals surface area contributed by atoms with Gasteiger partial charge in [-0.25, -0.2) is 4.79 Å². The Hall–Kier alpha value is -2.45. The lowest BCUT2D eigenvalue weighted by Gasteiger charge is -2.31. The van der Waals surface area contributed by atoms with Crippen LogP contribution in [-0.2, 0) is 28.6 Å². The van der Waals surface area contributed by atoms with Crippen LogP contribution in [0, 0.1) is 0 Å². The number of carboxylic acid groups (broad SMARTS) is 1. The molecule has 0 radical (unpaired) electrons. The predicted octanol–water partition coefficient (Wildman–Crippen LogP) is 12.6. The van der Waals surface area contributed by atoms with Crippen molar-refractivity contribution in [2.24, 2.45) is 0 Å². The molecule has 8 heteroatoms. The number of aliphatic carboxylic acids is 1. The van der Waals surface area contributed by atoms with Gasteiger partial charge in [-0.2, -0.15) is 0 Å². The monoisotopic (exact) mass is 791 g/mol. The summed E-state index contributed by atoms with van der Waals surface area (Å²) in [7, 11) is 5.53. The summed E-state index contributed by atoms with van der Waals surface area (Å²) in [5.41, 5.74) is 0. The highest BCUT2D eigenvalue weighted by Crippen LogP contribution is 2.15. The summed E-state index contributed by atoms with van der Waals surface area (Å²) in [5, 5.41) is 9.62. The van der Waals surface area contributed by atoms with Crippen LogP contribution in [0.1, 0.15) is 200 Å². The first-order valence-electron chi connectivity index (χ1n) is 23.0. The summed E-state index contributed by atoms with van der Waals surface area (Å²) in [6.45, 7) is 4.63. The number of likely N-dealkylation sites (N-methyl/N-ethyl adjacent to an activating group) is 1. The molecule has 0 saturated heterocycles. The van der Waals surface area contributed by atoms with E-state index in [1.807, 2.05) is 21.1 Å². The molecule has 2 atom stereocenters. The Kier molecular flexibility index (Phi) is 37.7. The first-order valence-corrected chi connectivity index (χ1v) is 23.0. The Balaban J connectivity index is 4.21. The van der Waals surface area contributed by atoms with Crippen molar-refractivity contribution in [2.75, 3.05) is 41.0 Å². The van der Waals surface area contributed by atoms with Crippen LogP contribution in [0.2, 0.25) is 0 Å². The highest BCUT2D eigenvalue weighted by Gasteiger charge is 2.31. The zero-order chi connectivity index (χ0) is 41.4. The summed E-state index contributed by atoms with van der Waals surface area (Å²) in [5.74, 6) is -1.46. The van der Waals surface area contributed by atoms with Crippen LogP contribution >= 0.6 is 0 Å². The molecule has 0 heterocycles. The van der Waals surface area contributed by atoms with Crippen LogP contribution in [0.15, 0.2) is 36.5 Å². The molecule has 0 aliphatic rings. The normalized spacial score (nSPS) is 13.2. The van der Waals surface area contributed by atoms with Gasteiger partial charge in [0.1, 0.15) is 6.61 Å². The average molecular weight is 791 g/mol. The molecular weight excluding hydrogens is 703 g/mol. The first-order chi connectivity index (χ1) is 27.1. The zero-order valence-electron chi connectivity index (χ0n) is 37.1. The quantitative estimate of drug-likeness (QED) is 0.0285. The number of carbonyl (C=O) groups excluding carboxylic acids is 2. The number of allylic oxidation sites excluding steroid dienone is 6. The minimum atomic E-state index is -0.874. The summed E-state index contributed by atoms with van der Waals surface area (Å²) in [4.78, 5) is 37.0. The second kappa shape index (κ2) is 39.4. The lowest BCUT2D eigenvalue weighted by atomic mass is 10.0. The smallest absolute Gasteiger partial charge is 0.362 e. The Bertz CT molecular complexity index is 1020. The lowest BCUT2D eigenvalue weighted by molar-refractivity contribution is -0.887. The zero-order valence-corrected chi connectivity index (χ0v) is 37.1. The largest absolute Gasteiger partial charge is 0.477 e. The van der Waals surface area contributed by atoms with Crippen LogP contribution in [0.3, 0.4) is 0 Å². The van der Waals surface area contributed by atoms with Gasteiger partial charge in [-0.05, 0) is 44.9 Å². The van der Waals surface area contributed by atoms with Crippen molar-refractivity contribution in [3.05, 3.63) is 36.5 Å². The van der Waals surface area contributed by atoms with Gasteiger partial charge in [-0.3, -0.25) is 9.59 Å². The van der Waals surface area contributed by atoms with Gasteiger partial charge in [0, 0.05) is 19.3 Å². The summed E-state index contributed by atoms with van der Waals surface area (Å²) in [6.07, 6.45) is 44.7. The Morgan fingerprint density at radius 3 is 1.48 bits per heavy atom. The molecule has 8 nitrogen and oxygen atoms in total.